The number of nitrogens with zero attached hydrogens (tertiary/aromatic N) is 3. The van der Waals surface area contributed by atoms with Gasteiger partial charge in [-0.15, -0.1) is 0 Å². The monoisotopic (exact) mass is 455 g/mol. The number of methoxy groups -OCH3 is 1. The van der Waals surface area contributed by atoms with Gasteiger partial charge in [0, 0.05) is 46.8 Å². The number of ether oxygens (including phenoxy) is 1. The number of hydrogen-bond acceptors (Lipinski definition) is 4. The Morgan fingerprint density at radius 2 is 1.64 bits per heavy atom. The Labute approximate surface area is 197 Å². The van der Waals surface area contributed by atoms with Crippen LogP contribution < -0.4 is 4.74 Å². The summed E-state index contributed by atoms with van der Waals surface area (Å²) in [6, 6.07) is 24.8. The molecule has 33 heavy (non-hydrogen) atoms. The van der Waals surface area contributed by atoms with Crippen LogP contribution in [0.5, 0.6) is 5.75 Å². The lowest BCUT2D eigenvalue weighted by Crippen LogP contribution is -2.37. The van der Waals surface area contributed by atoms with Gasteiger partial charge < -0.3 is 9.64 Å². The lowest BCUT2D eigenvalue weighted by molar-refractivity contribution is 0.0733. The van der Waals surface area contributed by atoms with Crippen molar-refractivity contribution in [2.45, 2.75) is 13.0 Å². The fourth-order valence-corrected chi connectivity index (χ4v) is 4.19. The molecule has 0 unspecified atom stereocenters. The number of fused-ring (bicyclic) bond motifs is 1. The quantitative estimate of drug-likeness (QED) is 0.397. The maximum Gasteiger partial charge on any atom is 0.254 e. The SMILES string of the molecule is COc1ccc(C(=O)N2CCc3nc(-c4ccccc4)nc(-c4ccc(Cl)cc4)c3C2)cc1. The Morgan fingerprint density at radius 1 is 0.909 bits per heavy atom. The Kier molecular flexibility index (Phi) is 5.80. The van der Waals surface area contributed by atoms with Crippen LogP contribution in [0.1, 0.15) is 21.6 Å². The van der Waals surface area contributed by atoms with Crippen LogP contribution in [0.25, 0.3) is 22.6 Å². The summed E-state index contributed by atoms with van der Waals surface area (Å²) in [4.78, 5) is 24.9. The number of hydrogen-bond donors (Lipinski definition) is 0. The van der Waals surface area contributed by atoms with E-state index in [1.54, 1.807) is 31.4 Å². The molecule has 0 spiro atoms. The van der Waals surface area contributed by atoms with Crippen molar-refractivity contribution in [1.82, 2.24) is 14.9 Å². The van der Waals surface area contributed by atoms with Gasteiger partial charge in [-0.25, -0.2) is 9.97 Å². The van der Waals surface area contributed by atoms with Crippen molar-refractivity contribution in [3.05, 3.63) is 101 Å². The van der Waals surface area contributed by atoms with E-state index in [1.165, 1.54) is 0 Å². The van der Waals surface area contributed by atoms with Crippen LogP contribution in [-0.4, -0.2) is 34.4 Å². The summed E-state index contributed by atoms with van der Waals surface area (Å²) in [5.74, 6) is 1.40. The number of carbonyl (C=O) groups excluding carboxylic acids is 1. The van der Waals surface area contributed by atoms with Gasteiger partial charge in [0.1, 0.15) is 5.75 Å². The normalized spacial score (nSPS) is 12.8. The van der Waals surface area contributed by atoms with Gasteiger partial charge in [0.15, 0.2) is 5.82 Å². The molecule has 1 aliphatic heterocycles. The van der Waals surface area contributed by atoms with Crippen molar-refractivity contribution in [2.24, 2.45) is 0 Å². The van der Waals surface area contributed by atoms with Crippen LogP contribution in [0.2, 0.25) is 5.02 Å². The van der Waals surface area contributed by atoms with Gasteiger partial charge in [-0.1, -0.05) is 54.1 Å². The number of aromatic nitrogens is 2. The third-order valence-corrected chi connectivity index (χ3v) is 6.09. The molecule has 3 aromatic carbocycles. The van der Waals surface area contributed by atoms with E-state index in [-0.39, 0.29) is 5.91 Å². The maximum atomic E-state index is 13.2. The minimum absolute atomic E-state index is 0.0162. The molecule has 0 radical (unpaired) electrons. The molecule has 6 heteroatoms. The highest BCUT2D eigenvalue weighted by Gasteiger charge is 2.27. The van der Waals surface area contributed by atoms with E-state index in [0.29, 0.717) is 35.9 Å². The van der Waals surface area contributed by atoms with Crippen molar-refractivity contribution in [1.29, 1.82) is 0 Å². The number of benzene rings is 3. The zero-order valence-corrected chi connectivity index (χ0v) is 18.9. The highest BCUT2D eigenvalue weighted by atomic mass is 35.5. The average molecular weight is 456 g/mol. The molecule has 0 saturated carbocycles. The summed E-state index contributed by atoms with van der Waals surface area (Å²) in [5.41, 5.74) is 5.34. The lowest BCUT2D eigenvalue weighted by atomic mass is 9.98. The summed E-state index contributed by atoms with van der Waals surface area (Å²) in [7, 11) is 1.61. The van der Waals surface area contributed by atoms with E-state index >= 15 is 0 Å². The van der Waals surface area contributed by atoms with Gasteiger partial charge in [-0.2, -0.15) is 0 Å². The van der Waals surface area contributed by atoms with Gasteiger partial charge >= 0.3 is 0 Å². The summed E-state index contributed by atoms with van der Waals surface area (Å²) in [6.45, 7) is 1.05. The van der Waals surface area contributed by atoms with Crippen molar-refractivity contribution in [3.8, 4) is 28.4 Å². The Morgan fingerprint density at radius 3 is 2.33 bits per heavy atom. The molecule has 2 heterocycles. The number of amides is 1. The van der Waals surface area contributed by atoms with Crippen LogP contribution in [0.15, 0.2) is 78.9 Å². The molecule has 4 aromatic rings. The third-order valence-electron chi connectivity index (χ3n) is 5.83. The molecule has 1 amide bonds. The third kappa shape index (κ3) is 4.32. The first-order valence-electron chi connectivity index (χ1n) is 10.8. The molecule has 164 valence electrons. The average Bonchev–Trinajstić information content (AvgIpc) is 2.88. The summed E-state index contributed by atoms with van der Waals surface area (Å²) < 4.78 is 5.21. The minimum Gasteiger partial charge on any atom is -0.497 e. The Hall–Kier alpha value is -3.70. The standard InChI is InChI=1S/C27H22ClN3O2/c1-33-22-13-9-20(10-14-22)27(32)31-16-15-24-23(17-31)25(18-7-11-21(28)12-8-18)30-26(29-24)19-5-3-2-4-6-19/h2-14H,15-17H2,1H3. The van der Waals surface area contributed by atoms with Crippen LogP contribution in [-0.2, 0) is 13.0 Å². The Balaban J connectivity index is 1.54. The number of halogens is 1. The molecule has 0 atom stereocenters. The molecule has 0 N–H and O–H groups in total. The van der Waals surface area contributed by atoms with Gasteiger partial charge in [0.05, 0.1) is 18.5 Å². The first kappa shape index (κ1) is 21.2. The van der Waals surface area contributed by atoms with E-state index in [9.17, 15) is 4.79 Å². The molecule has 0 fully saturated rings. The summed E-state index contributed by atoms with van der Waals surface area (Å²) >= 11 is 6.13. The van der Waals surface area contributed by atoms with Crippen LogP contribution in [0.4, 0.5) is 0 Å². The molecule has 1 aliphatic rings. The predicted molar refractivity (Wildman–Crippen MR) is 129 cm³/mol. The molecule has 0 saturated heterocycles. The molecule has 1 aromatic heterocycles. The van der Waals surface area contributed by atoms with Gasteiger partial charge in [0.2, 0.25) is 0 Å². The molecular weight excluding hydrogens is 434 g/mol. The van der Waals surface area contributed by atoms with Crippen molar-refractivity contribution in [3.63, 3.8) is 0 Å². The zero-order valence-electron chi connectivity index (χ0n) is 18.2. The van der Waals surface area contributed by atoms with Crippen LogP contribution in [0, 0.1) is 0 Å². The second kappa shape index (κ2) is 9.04. The van der Waals surface area contributed by atoms with E-state index in [0.717, 1.165) is 33.8 Å². The molecule has 5 nitrogen and oxygen atoms in total. The zero-order chi connectivity index (χ0) is 22.8. The molecular formula is C27H22ClN3O2. The van der Waals surface area contributed by atoms with Crippen LogP contribution in [0.3, 0.4) is 0 Å². The first-order chi connectivity index (χ1) is 16.1. The maximum absolute atomic E-state index is 13.2. The van der Waals surface area contributed by atoms with E-state index in [2.05, 4.69) is 0 Å². The fraction of sp³-hybridized carbons (Fsp3) is 0.148. The van der Waals surface area contributed by atoms with E-state index < -0.39 is 0 Å². The summed E-state index contributed by atoms with van der Waals surface area (Å²) in [5, 5.41) is 0.668. The van der Waals surface area contributed by atoms with Crippen molar-refractivity contribution < 1.29 is 9.53 Å². The number of carbonyl (C=O) groups is 1. The smallest absolute Gasteiger partial charge is 0.254 e. The highest BCUT2D eigenvalue weighted by molar-refractivity contribution is 6.30. The fourth-order valence-electron chi connectivity index (χ4n) is 4.07. The van der Waals surface area contributed by atoms with E-state index in [1.807, 2.05) is 59.5 Å². The Bertz CT molecular complexity index is 1290. The highest BCUT2D eigenvalue weighted by Crippen LogP contribution is 2.32. The lowest BCUT2D eigenvalue weighted by Gasteiger charge is -2.30. The molecule has 5 rings (SSSR count). The second-order valence-electron chi connectivity index (χ2n) is 7.90. The number of rotatable bonds is 4. The van der Waals surface area contributed by atoms with Gasteiger partial charge in [0.25, 0.3) is 5.91 Å². The van der Waals surface area contributed by atoms with Gasteiger partial charge in [-0.3, -0.25) is 4.79 Å². The first-order valence-corrected chi connectivity index (χ1v) is 11.1. The minimum atomic E-state index is -0.0162. The largest absolute Gasteiger partial charge is 0.497 e. The van der Waals surface area contributed by atoms with Crippen LogP contribution >= 0.6 is 11.6 Å². The molecule has 0 bridgehead atoms. The summed E-state index contributed by atoms with van der Waals surface area (Å²) in [6.07, 6.45) is 0.667. The second-order valence-corrected chi connectivity index (χ2v) is 8.34. The van der Waals surface area contributed by atoms with E-state index in [4.69, 9.17) is 26.3 Å². The topological polar surface area (TPSA) is 55.3 Å². The predicted octanol–water partition coefficient (Wildman–Crippen LogP) is 5.67. The van der Waals surface area contributed by atoms with Gasteiger partial charge in [-0.05, 0) is 36.4 Å². The van der Waals surface area contributed by atoms with Crippen molar-refractivity contribution in [2.75, 3.05) is 13.7 Å². The molecule has 0 aliphatic carbocycles. The van der Waals surface area contributed by atoms with Crippen molar-refractivity contribution >= 4 is 17.5 Å².